The summed E-state index contributed by atoms with van der Waals surface area (Å²) in [5.74, 6) is -0.810. The number of hydrogen-bond acceptors (Lipinski definition) is 2. The number of aromatic carboxylic acids is 1. The molecule has 17 heavy (non-hydrogen) atoms. The summed E-state index contributed by atoms with van der Waals surface area (Å²) < 4.78 is 0. The van der Waals surface area contributed by atoms with Gasteiger partial charge in [0.1, 0.15) is 0 Å². The van der Waals surface area contributed by atoms with E-state index in [1.54, 1.807) is 18.2 Å². The smallest absolute Gasteiger partial charge is 0.335 e. The molecule has 2 rings (SSSR count). The Kier molecular flexibility index (Phi) is 2.71. The molecule has 0 radical (unpaired) electrons. The summed E-state index contributed by atoms with van der Waals surface area (Å²) in [5.41, 5.74) is 1.63. The van der Waals surface area contributed by atoms with Gasteiger partial charge in [0.05, 0.1) is 11.1 Å². The first-order chi connectivity index (χ1) is 7.99. The molecule has 2 aromatic rings. The van der Waals surface area contributed by atoms with Crippen molar-refractivity contribution >= 4 is 16.9 Å². The Labute approximate surface area is 97.9 Å². The average molecular weight is 231 g/mol. The first-order valence-electron chi connectivity index (χ1n) is 5.39. The Morgan fingerprint density at radius 1 is 1.29 bits per heavy atom. The number of pyridine rings is 1. The highest BCUT2D eigenvalue weighted by Gasteiger charge is 2.11. The summed E-state index contributed by atoms with van der Waals surface area (Å²) in [6, 6.07) is 6.23. The predicted molar refractivity (Wildman–Crippen MR) is 65.6 cm³/mol. The van der Waals surface area contributed by atoms with Crippen LogP contribution in [0.2, 0.25) is 0 Å². The number of hydrogen-bond donors (Lipinski definition) is 2. The lowest BCUT2D eigenvalue weighted by molar-refractivity contribution is 0.0697. The van der Waals surface area contributed by atoms with Crippen LogP contribution in [-0.4, -0.2) is 16.1 Å². The number of nitrogens with one attached hydrogen (secondary N) is 1. The van der Waals surface area contributed by atoms with Gasteiger partial charge in [-0.05, 0) is 35.1 Å². The van der Waals surface area contributed by atoms with Gasteiger partial charge >= 0.3 is 5.97 Å². The first kappa shape index (κ1) is 11.4. The van der Waals surface area contributed by atoms with E-state index >= 15 is 0 Å². The van der Waals surface area contributed by atoms with Crippen molar-refractivity contribution < 1.29 is 9.90 Å². The van der Waals surface area contributed by atoms with E-state index in [1.807, 2.05) is 13.8 Å². The zero-order valence-electron chi connectivity index (χ0n) is 9.65. The molecule has 0 spiro atoms. The maximum Gasteiger partial charge on any atom is 0.335 e. The van der Waals surface area contributed by atoms with Gasteiger partial charge < -0.3 is 10.1 Å². The largest absolute Gasteiger partial charge is 0.478 e. The fourth-order valence-electron chi connectivity index (χ4n) is 1.87. The van der Waals surface area contributed by atoms with Crippen LogP contribution in [0.25, 0.3) is 10.9 Å². The van der Waals surface area contributed by atoms with Gasteiger partial charge in [0, 0.05) is 6.07 Å². The molecule has 0 saturated heterocycles. The molecule has 0 aliphatic carbocycles. The van der Waals surface area contributed by atoms with Crippen molar-refractivity contribution in [1.29, 1.82) is 0 Å². The van der Waals surface area contributed by atoms with E-state index in [0.29, 0.717) is 0 Å². The quantitative estimate of drug-likeness (QED) is 0.833. The van der Waals surface area contributed by atoms with Crippen LogP contribution >= 0.6 is 0 Å². The summed E-state index contributed by atoms with van der Waals surface area (Å²) in [5, 5.41) is 9.78. The van der Waals surface area contributed by atoms with Crippen molar-refractivity contribution in [3.8, 4) is 0 Å². The Morgan fingerprint density at radius 2 is 2.00 bits per heavy atom. The van der Waals surface area contributed by atoms with Crippen LogP contribution in [0.1, 0.15) is 35.7 Å². The topological polar surface area (TPSA) is 70.2 Å². The summed E-state index contributed by atoms with van der Waals surface area (Å²) in [6.45, 7) is 3.93. The normalized spacial score (nSPS) is 11.0. The van der Waals surface area contributed by atoms with Gasteiger partial charge in [0.2, 0.25) is 5.56 Å². The number of carbonyl (C=O) groups is 1. The Balaban J connectivity index is 2.85. The Morgan fingerprint density at radius 3 is 2.59 bits per heavy atom. The zero-order chi connectivity index (χ0) is 12.6. The van der Waals surface area contributed by atoms with E-state index in [-0.39, 0.29) is 17.0 Å². The molecule has 1 aromatic carbocycles. The van der Waals surface area contributed by atoms with Crippen molar-refractivity contribution in [3.05, 3.63) is 45.7 Å². The number of aromatic nitrogens is 1. The highest BCUT2D eigenvalue weighted by Crippen LogP contribution is 2.24. The molecular formula is C13H13NO3. The van der Waals surface area contributed by atoms with Gasteiger partial charge in [-0.15, -0.1) is 0 Å². The minimum atomic E-state index is -0.958. The van der Waals surface area contributed by atoms with Crippen molar-refractivity contribution in [3.63, 3.8) is 0 Å². The molecular weight excluding hydrogens is 218 g/mol. The van der Waals surface area contributed by atoms with E-state index in [9.17, 15) is 9.59 Å². The molecule has 4 heteroatoms. The van der Waals surface area contributed by atoms with Gasteiger partial charge in [-0.2, -0.15) is 0 Å². The number of fused-ring (bicyclic) bond motifs is 1. The number of rotatable bonds is 2. The first-order valence-corrected chi connectivity index (χ1v) is 5.39. The highest BCUT2D eigenvalue weighted by atomic mass is 16.4. The summed E-state index contributed by atoms with van der Waals surface area (Å²) >= 11 is 0. The van der Waals surface area contributed by atoms with Gasteiger partial charge in [0.15, 0.2) is 0 Å². The lowest BCUT2D eigenvalue weighted by Crippen LogP contribution is -2.07. The fourth-order valence-corrected chi connectivity index (χ4v) is 1.87. The van der Waals surface area contributed by atoms with Crippen LogP contribution in [0, 0.1) is 0 Å². The molecule has 1 heterocycles. The second-order valence-corrected chi connectivity index (χ2v) is 4.31. The molecule has 0 amide bonds. The summed E-state index contributed by atoms with van der Waals surface area (Å²) in [4.78, 5) is 25.1. The van der Waals surface area contributed by atoms with Crippen LogP contribution in [0.15, 0.2) is 29.1 Å². The zero-order valence-corrected chi connectivity index (χ0v) is 9.65. The van der Waals surface area contributed by atoms with Crippen molar-refractivity contribution in [2.45, 2.75) is 19.8 Å². The minimum absolute atomic E-state index is 0.148. The molecule has 0 unspecified atom stereocenters. The van der Waals surface area contributed by atoms with E-state index in [1.165, 1.54) is 6.07 Å². The third-order valence-corrected chi connectivity index (χ3v) is 2.73. The SMILES string of the molecule is CC(C)c1cc(C(=O)O)cc2ccc(=O)[nH]c12. The minimum Gasteiger partial charge on any atom is -0.478 e. The second-order valence-electron chi connectivity index (χ2n) is 4.31. The standard InChI is InChI=1S/C13H13NO3/c1-7(2)10-6-9(13(16)17)5-8-3-4-11(15)14-12(8)10/h3-7H,1-2H3,(H,14,15)(H,16,17). The Hall–Kier alpha value is -2.10. The Bertz CT molecular complexity index is 641. The number of benzene rings is 1. The van der Waals surface area contributed by atoms with Gasteiger partial charge in [-0.25, -0.2) is 4.79 Å². The highest BCUT2D eigenvalue weighted by molar-refractivity contribution is 5.94. The maximum absolute atomic E-state index is 11.3. The van der Waals surface area contributed by atoms with Crippen LogP contribution in [-0.2, 0) is 0 Å². The molecule has 0 saturated carbocycles. The third kappa shape index (κ3) is 2.06. The number of H-pyrrole nitrogens is 1. The molecule has 0 fully saturated rings. The van der Waals surface area contributed by atoms with Crippen molar-refractivity contribution in [2.24, 2.45) is 0 Å². The molecule has 0 aliphatic rings. The fraction of sp³-hybridized carbons (Fsp3) is 0.231. The molecule has 1 aromatic heterocycles. The van der Waals surface area contributed by atoms with Crippen LogP contribution in [0.3, 0.4) is 0 Å². The third-order valence-electron chi connectivity index (χ3n) is 2.73. The summed E-state index contributed by atoms with van der Waals surface area (Å²) in [6.07, 6.45) is 0. The maximum atomic E-state index is 11.3. The summed E-state index contributed by atoms with van der Waals surface area (Å²) in [7, 11) is 0. The van der Waals surface area contributed by atoms with Gasteiger partial charge in [0.25, 0.3) is 0 Å². The van der Waals surface area contributed by atoms with E-state index < -0.39 is 5.97 Å². The van der Waals surface area contributed by atoms with E-state index in [2.05, 4.69) is 4.98 Å². The van der Waals surface area contributed by atoms with Gasteiger partial charge in [-0.3, -0.25) is 4.79 Å². The molecule has 0 atom stereocenters. The van der Waals surface area contributed by atoms with Crippen LogP contribution in [0.5, 0.6) is 0 Å². The lowest BCUT2D eigenvalue weighted by Gasteiger charge is -2.10. The van der Waals surface area contributed by atoms with E-state index in [0.717, 1.165) is 16.5 Å². The monoisotopic (exact) mass is 231 g/mol. The van der Waals surface area contributed by atoms with Crippen molar-refractivity contribution in [2.75, 3.05) is 0 Å². The number of aromatic amines is 1. The molecule has 0 aliphatic heterocycles. The molecule has 88 valence electrons. The lowest BCUT2D eigenvalue weighted by atomic mass is 9.97. The van der Waals surface area contributed by atoms with Crippen molar-refractivity contribution in [1.82, 2.24) is 4.98 Å². The average Bonchev–Trinajstić information content (AvgIpc) is 2.27. The molecule has 0 bridgehead atoms. The van der Waals surface area contributed by atoms with Crippen LogP contribution in [0.4, 0.5) is 0 Å². The second kappa shape index (κ2) is 4.05. The predicted octanol–water partition coefficient (Wildman–Crippen LogP) is 2.35. The van der Waals surface area contributed by atoms with Crippen LogP contribution < -0.4 is 5.56 Å². The molecule has 2 N–H and O–H groups in total. The van der Waals surface area contributed by atoms with Gasteiger partial charge in [-0.1, -0.05) is 13.8 Å². The number of carboxylic acid groups (broad SMARTS) is 1. The number of carboxylic acids is 1. The van der Waals surface area contributed by atoms with E-state index in [4.69, 9.17) is 5.11 Å². The molecule has 4 nitrogen and oxygen atoms in total.